The summed E-state index contributed by atoms with van der Waals surface area (Å²) in [7, 11) is 1.21. The molecule has 0 heterocycles. The van der Waals surface area contributed by atoms with E-state index in [0.29, 0.717) is 0 Å². The summed E-state index contributed by atoms with van der Waals surface area (Å²) in [6, 6.07) is 3.76. The summed E-state index contributed by atoms with van der Waals surface area (Å²) in [4.78, 5) is 11.6. The number of carbonyl (C=O) groups is 1. The van der Waals surface area contributed by atoms with Gasteiger partial charge in [-0.05, 0) is 31.5 Å². The number of hydrogen-bond acceptors (Lipinski definition) is 3. The van der Waals surface area contributed by atoms with Gasteiger partial charge >= 0.3 is 12.1 Å². The van der Waals surface area contributed by atoms with Crippen LogP contribution in [0.4, 0.5) is 13.2 Å². The second kappa shape index (κ2) is 5.21. The molecule has 1 aromatic rings. The maximum Gasteiger partial charge on any atom is 0.416 e. The number of rotatable bonds is 3. The van der Waals surface area contributed by atoms with Crippen LogP contribution in [-0.4, -0.2) is 13.1 Å². The first-order chi connectivity index (χ1) is 8.60. The third kappa shape index (κ3) is 3.26. The molecule has 3 nitrogen and oxygen atoms in total. The average Bonchev–Trinajstić information content (AvgIpc) is 2.35. The Hall–Kier alpha value is -1.56. The summed E-state index contributed by atoms with van der Waals surface area (Å²) in [5, 5.41) is 0. The molecule has 1 rings (SSSR count). The average molecular weight is 275 g/mol. The number of hydrogen-bond donors (Lipinski definition) is 1. The fourth-order valence-corrected chi connectivity index (χ4v) is 1.72. The highest BCUT2D eigenvalue weighted by molar-refractivity contribution is 5.77. The number of benzene rings is 1. The molecule has 1 aromatic carbocycles. The molecule has 0 fully saturated rings. The topological polar surface area (TPSA) is 52.3 Å². The van der Waals surface area contributed by atoms with Crippen molar-refractivity contribution in [3.8, 4) is 0 Å². The van der Waals surface area contributed by atoms with Gasteiger partial charge in [-0.3, -0.25) is 4.79 Å². The van der Waals surface area contributed by atoms with Crippen LogP contribution in [0.15, 0.2) is 24.3 Å². The molecule has 0 bridgehead atoms. The lowest BCUT2D eigenvalue weighted by molar-refractivity contribution is -0.152. The molecular weight excluding hydrogens is 259 g/mol. The van der Waals surface area contributed by atoms with Crippen LogP contribution in [0.5, 0.6) is 0 Å². The first-order valence-corrected chi connectivity index (χ1v) is 5.62. The van der Waals surface area contributed by atoms with Crippen molar-refractivity contribution in [3.05, 3.63) is 35.4 Å². The summed E-state index contributed by atoms with van der Waals surface area (Å²) in [5.74, 6) is -0.572. The second-order valence-electron chi connectivity index (χ2n) is 4.81. The first kappa shape index (κ1) is 15.5. The SMILES string of the molecule is COC(=O)C(C)(C)[C@H](N)c1cccc(C(F)(F)F)c1. The van der Waals surface area contributed by atoms with E-state index in [9.17, 15) is 18.0 Å². The maximum atomic E-state index is 12.6. The first-order valence-electron chi connectivity index (χ1n) is 5.62. The third-order valence-corrected chi connectivity index (χ3v) is 3.06. The van der Waals surface area contributed by atoms with Crippen LogP contribution in [0.25, 0.3) is 0 Å². The molecule has 0 amide bonds. The zero-order chi connectivity index (χ0) is 14.8. The van der Waals surface area contributed by atoms with Crippen molar-refractivity contribution in [1.29, 1.82) is 0 Å². The van der Waals surface area contributed by atoms with Crippen LogP contribution >= 0.6 is 0 Å². The zero-order valence-corrected chi connectivity index (χ0v) is 10.9. The minimum Gasteiger partial charge on any atom is -0.469 e. The lowest BCUT2D eigenvalue weighted by Crippen LogP contribution is -2.37. The fraction of sp³-hybridized carbons (Fsp3) is 0.462. The van der Waals surface area contributed by atoms with Gasteiger partial charge in [-0.2, -0.15) is 13.2 Å². The highest BCUT2D eigenvalue weighted by Crippen LogP contribution is 2.35. The molecule has 0 aromatic heterocycles. The van der Waals surface area contributed by atoms with Gasteiger partial charge in [0.15, 0.2) is 0 Å². The third-order valence-electron chi connectivity index (χ3n) is 3.06. The van der Waals surface area contributed by atoms with Crippen LogP contribution < -0.4 is 5.73 Å². The van der Waals surface area contributed by atoms with Gasteiger partial charge in [-0.15, -0.1) is 0 Å². The molecule has 0 saturated heterocycles. The summed E-state index contributed by atoms with van der Waals surface area (Å²) < 4.78 is 42.5. The summed E-state index contributed by atoms with van der Waals surface area (Å²) in [6.07, 6.45) is -4.44. The standard InChI is InChI=1S/C13H16F3NO2/c1-12(2,11(18)19-3)10(17)8-5-4-6-9(7-8)13(14,15)16/h4-7,10H,17H2,1-3H3/t10-/m1/s1. The van der Waals surface area contributed by atoms with E-state index < -0.39 is 29.2 Å². The van der Waals surface area contributed by atoms with Crippen LogP contribution in [0.2, 0.25) is 0 Å². The normalized spacial score (nSPS) is 14.1. The van der Waals surface area contributed by atoms with Gasteiger partial charge < -0.3 is 10.5 Å². The molecular formula is C13H16F3NO2. The smallest absolute Gasteiger partial charge is 0.416 e. The Labute approximate surface area is 109 Å². The molecule has 0 radical (unpaired) electrons. The van der Waals surface area contributed by atoms with Gasteiger partial charge in [0.2, 0.25) is 0 Å². The molecule has 2 N–H and O–H groups in total. The molecule has 0 aliphatic carbocycles. The van der Waals surface area contributed by atoms with E-state index in [1.165, 1.54) is 33.1 Å². The van der Waals surface area contributed by atoms with Gasteiger partial charge in [0.25, 0.3) is 0 Å². The van der Waals surface area contributed by atoms with E-state index in [1.807, 2.05) is 0 Å². The van der Waals surface area contributed by atoms with Crippen LogP contribution in [0, 0.1) is 5.41 Å². The number of nitrogens with two attached hydrogens (primary N) is 1. The Kier molecular flexibility index (Phi) is 4.25. The number of halogens is 3. The van der Waals surface area contributed by atoms with E-state index in [0.717, 1.165) is 12.1 Å². The minimum absolute atomic E-state index is 0.241. The Morgan fingerprint density at radius 3 is 2.37 bits per heavy atom. The van der Waals surface area contributed by atoms with Crippen molar-refractivity contribution in [2.24, 2.45) is 11.1 Å². The van der Waals surface area contributed by atoms with Gasteiger partial charge in [0.05, 0.1) is 18.1 Å². The monoisotopic (exact) mass is 275 g/mol. The predicted octanol–water partition coefficient (Wildman–Crippen LogP) is 2.90. The quantitative estimate of drug-likeness (QED) is 0.863. The molecule has 0 saturated carbocycles. The highest BCUT2D eigenvalue weighted by atomic mass is 19.4. The highest BCUT2D eigenvalue weighted by Gasteiger charge is 2.38. The molecule has 1 atom stereocenters. The lowest BCUT2D eigenvalue weighted by Gasteiger charge is -2.29. The van der Waals surface area contributed by atoms with E-state index >= 15 is 0 Å². The lowest BCUT2D eigenvalue weighted by atomic mass is 9.80. The van der Waals surface area contributed by atoms with Crippen molar-refractivity contribution < 1.29 is 22.7 Å². The number of ether oxygens (including phenoxy) is 1. The van der Waals surface area contributed by atoms with Crippen LogP contribution in [-0.2, 0) is 15.7 Å². The van der Waals surface area contributed by atoms with Crippen molar-refractivity contribution in [2.45, 2.75) is 26.1 Å². The minimum atomic E-state index is -4.44. The zero-order valence-electron chi connectivity index (χ0n) is 10.9. The number of alkyl halides is 3. The number of carbonyl (C=O) groups excluding carboxylic acids is 1. The van der Waals surface area contributed by atoms with E-state index in [1.54, 1.807) is 0 Å². The molecule has 19 heavy (non-hydrogen) atoms. The largest absolute Gasteiger partial charge is 0.469 e. The molecule has 0 aliphatic rings. The maximum absolute atomic E-state index is 12.6. The fourth-order valence-electron chi connectivity index (χ4n) is 1.72. The number of methoxy groups -OCH3 is 1. The number of esters is 1. The van der Waals surface area contributed by atoms with E-state index in [2.05, 4.69) is 4.74 Å². The van der Waals surface area contributed by atoms with Gasteiger partial charge in [0, 0.05) is 6.04 Å². The van der Waals surface area contributed by atoms with Crippen molar-refractivity contribution in [1.82, 2.24) is 0 Å². The van der Waals surface area contributed by atoms with E-state index in [-0.39, 0.29) is 5.56 Å². The summed E-state index contributed by atoms with van der Waals surface area (Å²) in [6.45, 7) is 3.06. The second-order valence-corrected chi connectivity index (χ2v) is 4.81. The van der Waals surface area contributed by atoms with Gasteiger partial charge in [-0.25, -0.2) is 0 Å². The van der Waals surface area contributed by atoms with E-state index in [4.69, 9.17) is 5.73 Å². The molecule has 0 aliphatic heterocycles. The summed E-state index contributed by atoms with van der Waals surface area (Å²) >= 11 is 0. The Morgan fingerprint density at radius 2 is 1.89 bits per heavy atom. The Balaban J connectivity index is 3.14. The molecule has 6 heteroatoms. The van der Waals surface area contributed by atoms with Crippen molar-refractivity contribution in [2.75, 3.05) is 7.11 Å². The van der Waals surface area contributed by atoms with Crippen LogP contribution in [0.3, 0.4) is 0 Å². The van der Waals surface area contributed by atoms with Gasteiger partial charge in [-0.1, -0.05) is 12.1 Å². The molecule has 0 spiro atoms. The molecule has 106 valence electrons. The van der Waals surface area contributed by atoms with Crippen molar-refractivity contribution >= 4 is 5.97 Å². The van der Waals surface area contributed by atoms with Gasteiger partial charge in [0.1, 0.15) is 0 Å². The Morgan fingerprint density at radius 1 is 1.32 bits per heavy atom. The summed E-state index contributed by atoms with van der Waals surface area (Å²) in [5.41, 5.74) is 4.23. The Bertz CT molecular complexity index is 469. The predicted molar refractivity (Wildman–Crippen MR) is 64.2 cm³/mol. The van der Waals surface area contributed by atoms with Crippen LogP contribution in [0.1, 0.15) is 31.0 Å². The van der Waals surface area contributed by atoms with Crippen molar-refractivity contribution in [3.63, 3.8) is 0 Å². The molecule has 0 unspecified atom stereocenters.